The summed E-state index contributed by atoms with van der Waals surface area (Å²) in [5.74, 6) is -1.43. The molecule has 1 saturated carbocycles. The molecule has 0 unspecified atom stereocenters. The summed E-state index contributed by atoms with van der Waals surface area (Å²) >= 11 is 0. The number of carbonyl (C=O) groups is 2. The smallest absolute Gasteiger partial charge is 0.335 e. The molecule has 43 heavy (non-hydrogen) atoms. The van der Waals surface area contributed by atoms with Gasteiger partial charge in [0.05, 0.1) is 23.2 Å². The van der Waals surface area contributed by atoms with Gasteiger partial charge in [-0.05, 0) is 66.8 Å². The third kappa shape index (κ3) is 6.48. The van der Waals surface area contributed by atoms with Gasteiger partial charge in [-0.1, -0.05) is 12.1 Å². The Hall–Kier alpha value is -4.45. The summed E-state index contributed by atoms with van der Waals surface area (Å²) in [4.78, 5) is 32.8. The number of nitriles is 1. The molecule has 1 aromatic carbocycles. The fourth-order valence-corrected chi connectivity index (χ4v) is 5.39. The minimum atomic E-state index is -1.82. The van der Waals surface area contributed by atoms with Gasteiger partial charge in [-0.2, -0.15) is 5.26 Å². The lowest BCUT2D eigenvalue weighted by atomic mass is 9.80. The van der Waals surface area contributed by atoms with Crippen molar-refractivity contribution < 1.29 is 39.5 Å². The quantitative estimate of drug-likeness (QED) is 0.210. The van der Waals surface area contributed by atoms with E-state index in [1.165, 1.54) is 0 Å². The second kappa shape index (κ2) is 12.8. The number of hydrogen-bond acceptors (Lipinski definition) is 11. The summed E-state index contributed by atoms with van der Waals surface area (Å²) in [7, 11) is 0. The molecule has 3 heterocycles. The number of aromatic nitrogens is 2. The number of aliphatic hydroxyl groups is 3. The highest BCUT2D eigenvalue weighted by Gasteiger charge is 2.50. The molecule has 2 aromatic heterocycles. The van der Waals surface area contributed by atoms with Crippen LogP contribution in [0.25, 0.3) is 0 Å². The van der Waals surface area contributed by atoms with E-state index in [2.05, 4.69) is 26.7 Å². The summed E-state index contributed by atoms with van der Waals surface area (Å²) < 4.78 is 11.0. The minimum Gasteiger partial charge on any atom is -0.479 e. The zero-order valence-corrected chi connectivity index (χ0v) is 22.9. The summed E-state index contributed by atoms with van der Waals surface area (Å²) in [5.41, 5.74) is 1.62. The van der Waals surface area contributed by atoms with Gasteiger partial charge in [0.2, 0.25) is 0 Å². The summed E-state index contributed by atoms with van der Waals surface area (Å²) in [6, 6.07) is 16.3. The van der Waals surface area contributed by atoms with Gasteiger partial charge in [-0.25, -0.2) is 9.78 Å². The Morgan fingerprint density at radius 2 is 1.79 bits per heavy atom. The number of hydrogen-bond donors (Lipinski definition) is 6. The number of nitrogens with one attached hydrogen (secondary N) is 2. The van der Waals surface area contributed by atoms with Crippen molar-refractivity contribution in [2.45, 2.75) is 68.0 Å². The van der Waals surface area contributed by atoms with Crippen LogP contribution in [-0.2, 0) is 26.2 Å². The van der Waals surface area contributed by atoms with Crippen molar-refractivity contribution in [1.82, 2.24) is 9.97 Å². The predicted octanol–water partition coefficient (Wildman–Crippen LogP) is 1.56. The van der Waals surface area contributed by atoms with Crippen LogP contribution in [0.2, 0.25) is 0 Å². The first-order valence-corrected chi connectivity index (χ1v) is 13.7. The standard InChI is InChI=1S/C30H31N5O8/c31-16-30(10-7-20(14-30)42-29-24(38)22(36)23(37)25(43-29)28(40)41)18-3-5-19(6-4-18)35-27(39)21-2-1-11-33-26(21)34-15-17-8-12-32-13-9-17/h1-6,8-9,11-13,20,22-25,29,36-38H,7,10,14-15H2,(H,33,34)(H,35,39)(H,40,41)/t20-,22+,23+,24-,25+,29-,30+/m1/s1. The molecule has 13 nitrogen and oxygen atoms in total. The monoisotopic (exact) mass is 589 g/mol. The van der Waals surface area contributed by atoms with Gasteiger partial charge in [0.25, 0.3) is 5.91 Å². The molecule has 1 saturated heterocycles. The van der Waals surface area contributed by atoms with Gasteiger partial charge >= 0.3 is 5.97 Å². The fraction of sp³-hybridized carbons (Fsp3) is 0.367. The Labute approximate surface area is 246 Å². The predicted molar refractivity (Wildman–Crippen MR) is 151 cm³/mol. The molecule has 2 fully saturated rings. The molecule has 0 radical (unpaired) electrons. The van der Waals surface area contributed by atoms with E-state index in [0.717, 1.165) is 5.56 Å². The molecule has 1 aliphatic heterocycles. The maximum absolute atomic E-state index is 13.1. The molecule has 1 aliphatic carbocycles. The molecule has 1 amide bonds. The number of aliphatic hydroxyl groups excluding tert-OH is 3. The maximum Gasteiger partial charge on any atom is 0.335 e. The van der Waals surface area contributed by atoms with Crippen LogP contribution < -0.4 is 10.6 Å². The van der Waals surface area contributed by atoms with Gasteiger partial charge in [0.15, 0.2) is 12.4 Å². The highest BCUT2D eigenvalue weighted by Crippen LogP contribution is 2.43. The van der Waals surface area contributed by atoms with Crippen LogP contribution in [0.5, 0.6) is 0 Å². The first-order chi connectivity index (χ1) is 20.7. The number of carboxylic acids is 1. The van der Waals surface area contributed by atoms with Crippen molar-refractivity contribution >= 4 is 23.4 Å². The van der Waals surface area contributed by atoms with Crippen LogP contribution in [0.3, 0.4) is 0 Å². The lowest BCUT2D eigenvalue weighted by Gasteiger charge is -2.39. The number of amides is 1. The summed E-state index contributed by atoms with van der Waals surface area (Å²) in [6.45, 7) is 0.462. The third-order valence-corrected chi connectivity index (χ3v) is 7.78. The molecule has 0 spiro atoms. The van der Waals surface area contributed by atoms with Crippen LogP contribution in [0.15, 0.2) is 67.1 Å². The lowest BCUT2D eigenvalue weighted by molar-refractivity contribution is -0.303. The van der Waals surface area contributed by atoms with Crippen molar-refractivity contribution in [1.29, 1.82) is 5.26 Å². The van der Waals surface area contributed by atoms with Gasteiger partial charge in [-0.3, -0.25) is 9.78 Å². The highest BCUT2D eigenvalue weighted by molar-refractivity contribution is 6.07. The Balaban J connectivity index is 1.22. The van der Waals surface area contributed by atoms with E-state index in [9.17, 15) is 35.3 Å². The first-order valence-electron chi connectivity index (χ1n) is 13.7. The number of nitrogens with zero attached hydrogens (tertiary/aromatic N) is 3. The number of ether oxygens (including phenoxy) is 2. The number of rotatable bonds is 9. The Morgan fingerprint density at radius 3 is 2.49 bits per heavy atom. The molecule has 2 aliphatic rings. The lowest BCUT2D eigenvalue weighted by Crippen LogP contribution is -2.60. The molecule has 224 valence electrons. The third-order valence-electron chi connectivity index (χ3n) is 7.78. The van der Waals surface area contributed by atoms with Crippen molar-refractivity contribution in [2.24, 2.45) is 0 Å². The Morgan fingerprint density at radius 1 is 1.05 bits per heavy atom. The zero-order chi connectivity index (χ0) is 30.6. The second-order valence-electron chi connectivity index (χ2n) is 10.6. The Kier molecular flexibility index (Phi) is 8.95. The van der Waals surface area contributed by atoms with Crippen LogP contribution in [-0.4, -0.2) is 79.1 Å². The SMILES string of the molecule is N#C[C@]1(c2ccc(NC(=O)c3cccnc3NCc3ccncc3)cc2)CC[C@@H](O[C@@H]2O[C@H](C(=O)O)[C@@H](O)[C@H](O)[C@H]2O)C1. The molecule has 0 bridgehead atoms. The van der Waals surface area contributed by atoms with E-state index in [4.69, 9.17) is 9.47 Å². The van der Waals surface area contributed by atoms with E-state index >= 15 is 0 Å². The van der Waals surface area contributed by atoms with Crippen LogP contribution in [0.4, 0.5) is 11.5 Å². The van der Waals surface area contributed by atoms with Gasteiger partial charge in [0, 0.05) is 30.8 Å². The zero-order valence-electron chi connectivity index (χ0n) is 22.9. The Bertz CT molecular complexity index is 1480. The van der Waals surface area contributed by atoms with Crippen molar-refractivity contribution in [3.05, 3.63) is 83.8 Å². The topological polar surface area (TPSA) is 207 Å². The largest absolute Gasteiger partial charge is 0.479 e. The average molecular weight is 590 g/mol. The maximum atomic E-state index is 13.1. The molecular formula is C30H31N5O8. The number of benzene rings is 1. The number of carboxylic acid groups (broad SMARTS) is 1. The molecule has 3 aromatic rings. The normalized spacial score (nSPS) is 28.5. The highest BCUT2D eigenvalue weighted by atomic mass is 16.7. The van der Waals surface area contributed by atoms with Gasteiger partial charge in [-0.15, -0.1) is 0 Å². The van der Waals surface area contributed by atoms with Crippen molar-refractivity contribution in [3.8, 4) is 6.07 Å². The van der Waals surface area contributed by atoms with Gasteiger partial charge < -0.3 is 40.5 Å². The summed E-state index contributed by atoms with van der Waals surface area (Å²) in [6.07, 6.45) is -3.10. The summed E-state index contributed by atoms with van der Waals surface area (Å²) in [5, 5.41) is 55.7. The number of carbonyl (C=O) groups excluding carboxylic acids is 1. The van der Waals surface area contributed by atoms with Crippen LogP contribution in [0.1, 0.15) is 40.7 Å². The van der Waals surface area contributed by atoms with Crippen LogP contribution in [0, 0.1) is 11.3 Å². The van der Waals surface area contributed by atoms with E-state index in [1.807, 2.05) is 12.1 Å². The molecule has 7 atom stereocenters. The van der Waals surface area contributed by atoms with Gasteiger partial charge in [0.1, 0.15) is 24.1 Å². The number of aliphatic carboxylic acids is 1. The molecule has 5 rings (SSSR count). The molecule has 13 heteroatoms. The molecular weight excluding hydrogens is 558 g/mol. The first kappa shape index (κ1) is 30.0. The molecule has 6 N–H and O–H groups in total. The van der Waals surface area contributed by atoms with E-state index in [1.54, 1.807) is 55.0 Å². The fourth-order valence-electron chi connectivity index (χ4n) is 5.39. The second-order valence-corrected chi connectivity index (χ2v) is 10.6. The van der Waals surface area contributed by atoms with E-state index < -0.39 is 48.2 Å². The van der Waals surface area contributed by atoms with Crippen LogP contribution >= 0.6 is 0 Å². The van der Waals surface area contributed by atoms with E-state index in [0.29, 0.717) is 42.0 Å². The number of pyridine rings is 2. The van der Waals surface area contributed by atoms with Crippen molar-refractivity contribution in [2.75, 3.05) is 10.6 Å². The minimum absolute atomic E-state index is 0.223. The number of anilines is 2. The van der Waals surface area contributed by atoms with E-state index in [-0.39, 0.29) is 12.3 Å². The van der Waals surface area contributed by atoms with Crippen molar-refractivity contribution in [3.63, 3.8) is 0 Å². The average Bonchev–Trinajstić information content (AvgIpc) is 3.45.